The number of hydrogen-bond donors (Lipinski definition) is 1. The molecule has 9 nitrogen and oxygen atoms in total. The van der Waals surface area contributed by atoms with E-state index in [2.05, 4.69) is 88.9 Å². The van der Waals surface area contributed by atoms with Crippen molar-refractivity contribution in [3.63, 3.8) is 0 Å². The summed E-state index contributed by atoms with van der Waals surface area (Å²) in [6, 6.07) is 47.4. The van der Waals surface area contributed by atoms with Gasteiger partial charge in [0.05, 0.1) is 6.61 Å². The van der Waals surface area contributed by atoms with Crippen molar-refractivity contribution in [2.45, 2.75) is 45.2 Å². The SMILES string of the molecule is CCCCc1ncc(C(=O)OCC)c(NCc2ccc(-c3ccccc3-c3nnn(C(c4ccccc4)(c4ccccc4)c4ccccc4)n3)cc2)n1. The zero-order chi connectivity index (χ0) is 36.5. The van der Waals surface area contributed by atoms with Gasteiger partial charge in [0.25, 0.3) is 0 Å². The highest BCUT2D eigenvalue weighted by molar-refractivity contribution is 5.94. The Balaban J connectivity index is 1.21. The van der Waals surface area contributed by atoms with E-state index in [0.717, 1.165) is 58.2 Å². The predicted molar refractivity (Wildman–Crippen MR) is 207 cm³/mol. The van der Waals surface area contributed by atoms with Crippen molar-refractivity contribution in [1.29, 1.82) is 0 Å². The second-order valence-corrected chi connectivity index (χ2v) is 12.7. The molecular weight excluding hydrogens is 659 g/mol. The van der Waals surface area contributed by atoms with Crippen LogP contribution in [-0.2, 0) is 23.2 Å². The molecule has 0 atom stereocenters. The van der Waals surface area contributed by atoms with Crippen LogP contribution in [0.2, 0.25) is 0 Å². The number of nitrogens with one attached hydrogen (secondary N) is 1. The van der Waals surface area contributed by atoms with E-state index in [1.165, 1.54) is 0 Å². The average molecular weight is 700 g/mol. The van der Waals surface area contributed by atoms with Crippen LogP contribution in [0.1, 0.15) is 65.1 Å². The van der Waals surface area contributed by atoms with E-state index in [1.807, 2.05) is 72.8 Å². The first kappa shape index (κ1) is 34.9. The number of rotatable bonds is 14. The number of esters is 1. The predicted octanol–water partition coefficient (Wildman–Crippen LogP) is 8.77. The molecule has 2 heterocycles. The second kappa shape index (κ2) is 16.2. The third kappa shape index (κ3) is 7.32. The van der Waals surface area contributed by atoms with Crippen molar-refractivity contribution in [3.05, 3.63) is 179 Å². The minimum atomic E-state index is -0.869. The summed E-state index contributed by atoms with van der Waals surface area (Å²) < 4.78 is 5.27. The highest BCUT2D eigenvalue weighted by atomic mass is 16.5. The first-order valence-corrected chi connectivity index (χ1v) is 18.0. The Bertz CT molecular complexity index is 2160. The number of nitrogens with zero attached hydrogens (tertiary/aromatic N) is 6. The molecule has 0 saturated heterocycles. The lowest BCUT2D eigenvalue weighted by atomic mass is 9.77. The van der Waals surface area contributed by atoms with Gasteiger partial charge in [-0.2, -0.15) is 0 Å². The molecule has 0 fully saturated rings. The van der Waals surface area contributed by atoms with Crippen LogP contribution in [0.5, 0.6) is 0 Å². The summed E-state index contributed by atoms with van der Waals surface area (Å²) in [6.45, 7) is 4.66. The summed E-state index contributed by atoms with van der Waals surface area (Å²) in [5, 5.41) is 18.0. The lowest BCUT2D eigenvalue weighted by Gasteiger charge is -2.34. The zero-order valence-electron chi connectivity index (χ0n) is 29.9. The fourth-order valence-electron chi connectivity index (χ4n) is 6.63. The number of ether oxygens (including phenoxy) is 1. The number of anilines is 1. The second-order valence-electron chi connectivity index (χ2n) is 12.7. The van der Waals surface area contributed by atoms with E-state index in [1.54, 1.807) is 17.9 Å². The molecule has 53 heavy (non-hydrogen) atoms. The number of benzene rings is 5. The van der Waals surface area contributed by atoms with Crippen LogP contribution >= 0.6 is 0 Å². The molecule has 264 valence electrons. The normalized spacial score (nSPS) is 11.3. The molecule has 2 aromatic heterocycles. The molecule has 7 aromatic rings. The van der Waals surface area contributed by atoms with E-state index in [9.17, 15) is 4.79 Å². The summed E-state index contributed by atoms with van der Waals surface area (Å²) in [7, 11) is 0. The maximum Gasteiger partial charge on any atom is 0.343 e. The maximum absolute atomic E-state index is 12.7. The van der Waals surface area contributed by atoms with Gasteiger partial charge < -0.3 is 10.1 Å². The van der Waals surface area contributed by atoms with Gasteiger partial charge in [0.15, 0.2) is 5.54 Å². The van der Waals surface area contributed by atoms with Gasteiger partial charge in [0.1, 0.15) is 17.2 Å². The Hall–Kier alpha value is -6.48. The Morgan fingerprint density at radius 2 is 1.32 bits per heavy atom. The molecular formula is C44H41N7O2. The molecule has 0 unspecified atom stereocenters. The molecule has 0 bridgehead atoms. The third-order valence-corrected chi connectivity index (χ3v) is 9.27. The summed E-state index contributed by atoms with van der Waals surface area (Å²) >= 11 is 0. The Kier molecular flexibility index (Phi) is 10.7. The minimum Gasteiger partial charge on any atom is -0.462 e. The number of carbonyl (C=O) groups is 1. The van der Waals surface area contributed by atoms with Gasteiger partial charge in [-0.3, -0.25) is 0 Å². The number of aryl methyl sites for hydroxylation is 1. The van der Waals surface area contributed by atoms with Gasteiger partial charge in [-0.25, -0.2) is 14.8 Å². The molecule has 9 heteroatoms. The van der Waals surface area contributed by atoms with Crippen LogP contribution in [-0.4, -0.2) is 42.8 Å². The number of unbranched alkanes of at least 4 members (excludes halogenated alkanes) is 1. The van der Waals surface area contributed by atoms with E-state index < -0.39 is 11.5 Å². The quantitative estimate of drug-likeness (QED) is 0.0887. The third-order valence-electron chi connectivity index (χ3n) is 9.27. The summed E-state index contributed by atoms with van der Waals surface area (Å²) in [5.74, 6) is 1.26. The van der Waals surface area contributed by atoms with Gasteiger partial charge in [0.2, 0.25) is 5.82 Å². The molecule has 5 aromatic carbocycles. The van der Waals surface area contributed by atoms with Gasteiger partial charge in [-0.15, -0.1) is 15.0 Å². The largest absolute Gasteiger partial charge is 0.462 e. The van der Waals surface area contributed by atoms with Crippen molar-refractivity contribution in [3.8, 4) is 22.5 Å². The van der Waals surface area contributed by atoms with Crippen molar-refractivity contribution in [2.75, 3.05) is 11.9 Å². The van der Waals surface area contributed by atoms with Crippen molar-refractivity contribution >= 4 is 11.8 Å². The molecule has 0 aliphatic heterocycles. The number of tetrazole rings is 1. The van der Waals surface area contributed by atoms with E-state index in [-0.39, 0.29) is 6.61 Å². The highest BCUT2D eigenvalue weighted by Crippen LogP contribution is 2.40. The van der Waals surface area contributed by atoms with Crippen molar-refractivity contribution < 1.29 is 9.53 Å². The zero-order valence-corrected chi connectivity index (χ0v) is 29.9. The lowest BCUT2D eigenvalue weighted by Crippen LogP contribution is -2.39. The number of hydrogen-bond acceptors (Lipinski definition) is 8. The number of carbonyl (C=O) groups excluding carboxylic acids is 1. The van der Waals surface area contributed by atoms with Crippen molar-refractivity contribution in [2.24, 2.45) is 0 Å². The van der Waals surface area contributed by atoms with Gasteiger partial charge in [-0.1, -0.05) is 153 Å². The van der Waals surface area contributed by atoms with Crippen LogP contribution in [0, 0.1) is 0 Å². The summed E-state index contributed by atoms with van der Waals surface area (Å²) in [6.07, 6.45) is 4.31. The smallest absolute Gasteiger partial charge is 0.343 e. The van der Waals surface area contributed by atoms with Gasteiger partial charge in [-0.05, 0) is 51.9 Å². The molecule has 0 saturated carbocycles. The fraction of sp³-hybridized carbons (Fsp3) is 0.182. The van der Waals surface area contributed by atoms with E-state index >= 15 is 0 Å². The summed E-state index contributed by atoms with van der Waals surface area (Å²) in [5.41, 5.74) is 6.41. The Morgan fingerprint density at radius 3 is 1.91 bits per heavy atom. The first-order chi connectivity index (χ1) is 26.1. The van der Waals surface area contributed by atoms with Crippen LogP contribution < -0.4 is 5.32 Å². The molecule has 0 aliphatic rings. The monoisotopic (exact) mass is 699 g/mol. The van der Waals surface area contributed by atoms with Crippen LogP contribution in [0.4, 0.5) is 5.82 Å². The van der Waals surface area contributed by atoms with Crippen LogP contribution in [0.15, 0.2) is 146 Å². The first-order valence-electron chi connectivity index (χ1n) is 18.0. The minimum absolute atomic E-state index is 0.276. The number of aromatic nitrogens is 6. The highest BCUT2D eigenvalue weighted by Gasteiger charge is 2.41. The average Bonchev–Trinajstić information content (AvgIpc) is 3.71. The molecule has 1 N–H and O–H groups in total. The van der Waals surface area contributed by atoms with E-state index in [4.69, 9.17) is 20.1 Å². The lowest BCUT2D eigenvalue weighted by molar-refractivity contribution is 0.0526. The maximum atomic E-state index is 12.7. The van der Waals surface area contributed by atoms with Crippen LogP contribution in [0.3, 0.4) is 0 Å². The molecule has 0 spiro atoms. The Morgan fingerprint density at radius 1 is 0.736 bits per heavy atom. The van der Waals surface area contributed by atoms with Gasteiger partial charge >= 0.3 is 5.97 Å². The fourth-order valence-corrected chi connectivity index (χ4v) is 6.63. The Labute approximate surface area is 309 Å². The summed E-state index contributed by atoms with van der Waals surface area (Å²) in [4.78, 5) is 23.5. The van der Waals surface area contributed by atoms with E-state index in [0.29, 0.717) is 29.6 Å². The molecule has 0 radical (unpaired) electrons. The molecule has 7 rings (SSSR count). The molecule has 0 amide bonds. The van der Waals surface area contributed by atoms with Crippen LogP contribution in [0.25, 0.3) is 22.5 Å². The van der Waals surface area contributed by atoms with Gasteiger partial charge in [0, 0.05) is 24.7 Å². The molecule has 0 aliphatic carbocycles. The van der Waals surface area contributed by atoms with Crippen molar-refractivity contribution in [1.82, 2.24) is 30.2 Å². The topological polar surface area (TPSA) is 108 Å². The standard InChI is InChI=1S/C44H41N7O2/c1-3-5-25-40-45-31-39(43(52)53-4-2)41(47-40)46-30-32-26-28-33(29-27-32)37-23-15-16-24-38(37)42-48-50-51(49-42)44(34-17-9-6-10-18-34,35-19-11-7-12-20-35)36-21-13-8-14-22-36/h6-24,26-29,31H,3-5,25,30H2,1-2H3,(H,45,46,47).